The Morgan fingerprint density at radius 3 is 2.62 bits per heavy atom. The molecule has 1 aliphatic carbocycles. The lowest BCUT2D eigenvalue weighted by Crippen LogP contribution is -2.60. The van der Waals surface area contributed by atoms with Crippen molar-refractivity contribution in [3.05, 3.63) is 34.1 Å². The van der Waals surface area contributed by atoms with Crippen LogP contribution in [0.3, 0.4) is 0 Å². The summed E-state index contributed by atoms with van der Waals surface area (Å²) in [6, 6.07) is 2.89. The second kappa shape index (κ2) is 4.59. The number of amidine groups is 1. The van der Waals surface area contributed by atoms with Crippen molar-refractivity contribution in [2.75, 3.05) is 0 Å². The number of halogens is 5. The van der Waals surface area contributed by atoms with E-state index in [4.69, 9.17) is 10.5 Å². The zero-order chi connectivity index (χ0) is 15.4. The van der Waals surface area contributed by atoms with E-state index in [0.717, 1.165) is 12.1 Å². The van der Waals surface area contributed by atoms with Gasteiger partial charge in [-0.3, -0.25) is 0 Å². The summed E-state index contributed by atoms with van der Waals surface area (Å²) in [6.07, 6.45) is -4.74. The van der Waals surface area contributed by atoms with Gasteiger partial charge in [0.25, 0.3) is 6.02 Å². The van der Waals surface area contributed by atoms with Crippen molar-refractivity contribution in [1.82, 2.24) is 0 Å². The van der Waals surface area contributed by atoms with E-state index >= 15 is 0 Å². The molecule has 0 saturated heterocycles. The van der Waals surface area contributed by atoms with E-state index in [-0.39, 0.29) is 6.42 Å². The number of fused-ring (bicyclic) bond motifs is 1. The number of hydrogen-bond donors (Lipinski definition) is 1. The van der Waals surface area contributed by atoms with Crippen LogP contribution in [-0.4, -0.2) is 18.3 Å². The van der Waals surface area contributed by atoms with Gasteiger partial charge in [0.05, 0.1) is 0 Å². The second-order valence-electron chi connectivity index (χ2n) is 5.18. The van der Waals surface area contributed by atoms with Crippen molar-refractivity contribution in [2.45, 2.75) is 30.7 Å². The largest absolute Gasteiger partial charge is 0.462 e. The molecule has 3 atom stereocenters. The number of ether oxygens (including phenoxy) is 1. The van der Waals surface area contributed by atoms with Crippen LogP contribution in [0.1, 0.15) is 18.4 Å². The Bertz CT molecular complexity index is 619. The van der Waals surface area contributed by atoms with Gasteiger partial charge in [0.15, 0.2) is 5.54 Å². The number of aliphatic imine (C=N–C) groups is 1. The average Bonchev–Trinajstić information content (AvgIpc) is 2.34. The van der Waals surface area contributed by atoms with Crippen LogP contribution in [0, 0.1) is 11.7 Å². The summed E-state index contributed by atoms with van der Waals surface area (Å²) in [5.41, 5.74) is 2.20. The van der Waals surface area contributed by atoms with E-state index in [0.29, 0.717) is 10.9 Å². The first-order valence-corrected chi connectivity index (χ1v) is 7.09. The molecular weight excluding hydrogens is 356 g/mol. The Morgan fingerprint density at radius 1 is 1.33 bits per heavy atom. The molecule has 1 aliphatic heterocycles. The van der Waals surface area contributed by atoms with Crippen LogP contribution in [0.25, 0.3) is 0 Å². The highest BCUT2D eigenvalue weighted by molar-refractivity contribution is 9.10. The fraction of sp³-hybridized carbons (Fsp3) is 0.462. The molecule has 1 aromatic rings. The third-order valence-electron chi connectivity index (χ3n) is 4.08. The van der Waals surface area contributed by atoms with Crippen LogP contribution in [0.2, 0.25) is 0 Å². The summed E-state index contributed by atoms with van der Waals surface area (Å²) in [7, 11) is 0. The maximum atomic E-state index is 14.1. The van der Waals surface area contributed by atoms with Gasteiger partial charge in [0, 0.05) is 16.0 Å². The fourth-order valence-corrected chi connectivity index (χ4v) is 3.36. The highest BCUT2D eigenvalue weighted by Gasteiger charge is 2.68. The van der Waals surface area contributed by atoms with E-state index in [2.05, 4.69) is 20.9 Å². The number of hydrogen-bond acceptors (Lipinski definition) is 3. The molecule has 1 aromatic carbocycles. The van der Waals surface area contributed by atoms with E-state index < -0.39 is 41.1 Å². The third kappa shape index (κ3) is 2.03. The van der Waals surface area contributed by atoms with Gasteiger partial charge in [-0.15, -0.1) is 0 Å². The summed E-state index contributed by atoms with van der Waals surface area (Å²) in [4.78, 5) is 3.53. The summed E-state index contributed by atoms with van der Waals surface area (Å²) >= 11 is 3.08. The molecule has 0 radical (unpaired) electrons. The van der Waals surface area contributed by atoms with Gasteiger partial charge in [0.1, 0.15) is 11.9 Å². The van der Waals surface area contributed by atoms with E-state index in [1.54, 1.807) is 0 Å². The standard InChI is InChI=1S/C13H11BrF4N2O/c14-6-1-3-9(15)8(5-6)12(13(16,17)18)7-2-4-10(7)21-11(19)20-12/h1,3,5,7,10H,2,4H2,(H2,19,20). The SMILES string of the molecule is NC1=NC(c2cc(Br)ccc2F)(C(F)(F)F)C2CCC2O1. The number of alkyl halides is 3. The van der Waals surface area contributed by atoms with E-state index in [1.165, 1.54) is 6.07 Å². The molecule has 3 rings (SSSR count). The van der Waals surface area contributed by atoms with Gasteiger partial charge < -0.3 is 10.5 Å². The molecule has 2 N–H and O–H groups in total. The Morgan fingerprint density at radius 2 is 2.05 bits per heavy atom. The highest BCUT2D eigenvalue weighted by Crippen LogP contribution is 2.57. The maximum absolute atomic E-state index is 14.1. The quantitative estimate of drug-likeness (QED) is 0.773. The predicted molar refractivity (Wildman–Crippen MR) is 71.1 cm³/mol. The molecule has 2 aliphatic rings. The van der Waals surface area contributed by atoms with Crippen LogP contribution < -0.4 is 5.73 Å². The average molecular weight is 367 g/mol. The Balaban J connectivity index is 2.28. The monoisotopic (exact) mass is 366 g/mol. The zero-order valence-electron chi connectivity index (χ0n) is 10.6. The minimum Gasteiger partial charge on any atom is -0.462 e. The van der Waals surface area contributed by atoms with Crippen LogP contribution in [0.5, 0.6) is 0 Å². The summed E-state index contributed by atoms with van der Waals surface area (Å²) in [5, 5.41) is 0. The molecule has 0 amide bonds. The first kappa shape index (κ1) is 14.6. The minimum atomic E-state index is -4.77. The summed E-state index contributed by atoms with van der Waals surface area (Å²) < 4.78 is 61.1. The van der Waals surface area contributed by atoms with Gasteiger partial charge >= 0.3 is 6.18 Å². The van der Waals surface area contributed by atoms with Gasteiger partial charge in [-0.25, -0.2) is 9.38 Å². The van der Waals surface area contributed by atoms with Gasteiger partial charge in [0.2, 0.25) is 0 Å². The number of nitrogens with two attached hydrogens (primary N) is 1. The molecule has 0 aromatic heterocycles. The van der Waals surface area contributed by atoms with Crippen molar-refractivity contribution in [3.8, 4) is 0 Å². The lowest BCUT2D eigenvalue weighted by Gasteiger charge is -2.50. The molecule has 0 spiro atoms. The number of nitrogens with zero attached hydrogens (tertiary/aromatic N) is 1. The zero-order valence-corrected chi connectivity index (χ0v) is 12.2. The van der Waals surface area contributed by atoms with Crippen LogP contribution in [0.4, 0.5) is 17.6 Å². The number of rotatable bonds is 1. The molecule has 0 bridgehead atoms. The minimum absolute atomic E-state index is 0.257. The van der Waals surface area contributed by atoms with Gasteiger partial charge in [-0.05, 0) is 31.0 Å². The Hall–Kier alpha value is -1.31. The first-order valence-electron chi connectivity index (χ1n) is 6.30. The summed E-state index contributed by atoms with van der Waals surface area (Å²) in [6.45, 7) is 0. The lowest BCUT2D eigenvalue weighted by atomic mass is 9.64. The molecule has 8 heteroatoms. The maximum Gasteiger partial charge on any atom is 0.418 e. The molecule has 1 heterocycles. The van der Waals surface area contributed by atoms with Crippen LogP contribution in [-0.2, 0) is 10.3 Å². The lowest BCUT2D eigenvalue weighted by molar-refractivity contribution is -0.234. The van der Waals surface area contributed by atoms with Crippen molar-refractivity contribution in [2.24, 2.45) is 16.6 Å². The topological polar surface area (TPSA) is 47.6 Å². The smallest absolute Gasteiger partial charge is 0.418 e. The van der Waals surface area contributed by atoms with Gasteiger partial charge in [-0.2, -0.15) is 13.2 Å². The van der Waals surface area contributed by atoms with Crippen molar-refractivity contribution in [1.29, 1.82) is 0 Å². The number of benzene rings is 1. The van der Waals surface area contributed by atoms with Crippen LogP contribution >= 0.6 is 15.9 Å². The summed E-state index contributed by atoms with van der Waals surface area (Å²) in [5.74, 6) is -1.92. The molecule has 1 saturated carbocycles. The van der Waals surface area contributed by atoms with E-state index in [9.17, 15) is 17.6 Å². The van der Waals surface area contributed by atoms with E-state index in [1.807, 2.05) is 0 Å². The Kier molecular flexibility index (Phi) is 3.20. The Labute approximate surface area is 126 Å². The highest BCUT2D eigenvalue weighted by atomic mass is 79.9. The fourth-order valence-electron chi connectivity index (χ4n) is 3.00. The van der Waals surface area contributed by atoms with Crippen molar-refractivity contribution < 1.29 is 22.3 Å². The van der Waals surface area contributed by atoms with Crippen molar-refractivity contribution in [3.63, 3.8) is 0 Å². The van der Waals surface area contributed by atoms with Gasteiger partial charge in [-0.1, -0.05) is 15.9 Å². The van der Waals surface area contributed by atoms with Crippen LogP contribution in [0.15, 0.2) is 27.7 Å². The predicted octanol–water partition coefficient (Wildman–Crippen LogP) is 3.47. The second-order valence-corrected chi connectivity index (χ2v) is 6.09. The normalized spacial score (nSPS) is 31.8. The molecule has 1 fully saturated rings. The first-order chi connectivity index (χ1) is 9.75. The molecule has 114 valence electrons. The van der Waals surface area contributed by atoms with Crippen molar-refractivity contribution >= 4 is 22.0 Å². The molecule has 3 unspecified atom stereocenters. The third-order valence-corrected chi connectivity index (χ3v) is 4.57. The molecule has 3 nitrogen and oxygen atoms in total. The molecule has 21 heavy (non-hydrogen) atoms. The molecular formula is C13H11BrF4N2O.